The molecule has 0 aliphatic heterocycles. The summed E-state index contributed by atoms with van der Waals surface area (Å²) in [6.07, 6.45) is 0. The largest absolute Gasteiger partial charge is 0.496 e. The summed E-state index contributed by atoms with van der Waals surface area (Å²) >= 11 is 0. The fraction of sp³-hybridized carbons (Fsp3) is 0.188. The van der Waals surface area contributed by atoms with Crippen LogP contribution in [0.5, 0.6) is 17.2 Å². The molecule has 24 heavy (non-hydrogen) atoms. The average molecular weight is 351 g/mol. The molecule has 0 saturated heterocycles. The summed E-state index contributed by atoms with van der Waals surface area (Å²) in [4.78, 5) is 10.9. The van der Waals surface area contributed by atoms with Crippen molar-refractivity contribution in [3.63, 3.8) is 0 Å². The first-order valence-corrected chi connectivity index (χ1v) is 8.30. The monoisotopic (exact) mass is 351 g/mol. The van der Waals surface area contributed by atoms with Crippen LogP contribution < -0.4 is 19.0 Å². The molecule has 0 aliphatic rings. The van der Waals surface area contributed by atoms with E-state index in [4.69, 9.17) is 13.7 Å². The molecule has 0 aromatic heterocycles. The van der Waals surface area contributed by atoms with E-state index in [0.29, 0.717) is 17.2 Å². The van der Waals surface area contributed by atoms with E-state index < -0.39 is 10.1 Å². The van der Waals surface area contributed by atoms with Crippen molar-refractivity contribution in [2.45, 2.75) is 11.8 Å². The second-order valence-corrected chi connectivity index (χ2v) is 6.34. The predicted octanol–water partition coefficient (Wildman–Crippen LogP) is 2.43. The van der Waals surface area contributed by atoms with Gasteiger partial charge in [-0.3, -0.25) is 4.79 Å². The van der Waals surface area contributed by atoms with Crippen molar-refractivity contribution in [3.05, 3.63) is 42.5 Å². The topological polar surface area (TPSA) is 90.9 Å². The number of hydrogen-bond donors (Lipinski definition) is 1. The Labute approximate surface area is 140 Å². The molecule has 0 fully saturated rings. The lowest BCUT2D eigenvalue weighted by Crippen LogP contribution is -2.10. The van der Waals surface area contributed by atoms with Crippen molar-refractivity contribution in [2.75, 3.05) is 19.5 Å². The zero-order valence-electron chi connectivity index (χ0n) is 13.4. The number of ether oxygens (including phenoxy) is 2. The van der Waals surface area contributed by atoms with Crippen LogP contribution in [0.25, 0.3) is 0 Å². The molecule has 7 nitrogen and oxygen atoms in total. The van der Waals surface area contributed by atoms with Crippen LogP contribution in [-0.4, -0.2) is 28.5 Å². The highest BCUT2D eigenvalue weighted by molar-refractivity contribution is 7.87. The van der Waals surface area contributed by atoms with Crippen LogP contribution in [0, 0.1) is 0 Å². The molecule has 0 radical (unpaired) electrons. The molecule has 0 aliphatic carbocycles. The molecule has 2 aromatic rings. The Morgan fingerprint density at radius 2 is 1.42 bits per heavy atom. The number of benzene rings is 2. The van der Waals surface area contributed by atoms with E-state index in [9.17, 15) is 13.2 Å². The highest BCUT2D eigenvalue weighted by Gasteiger charge is 2.18. The lowest BCUT2D eigenvalue weighted by Gasteiger charge is -2.11. The molecule has 2 rings (SSSR count). The smallest absolute Gasteiger partial charge is 0.339 e. The van der Waals surface area contributed by atoms with Gasteiger partial charge in [-0.1, -0.05) is 0 Å². The van der Waals surface area contributed by atoms with E-state index in [-0.39, 0.29) is 16.6 Å². The molecular weight excluding hydrogens is 334 g/mol. The number of carbonyl (C=O) groups is 1. The second-order valence-electron chi connectivity index (χ2n) is 4.79. The Bertz CT molecular complexity index is 808. The van der Waals surface area contributed by atoms with Gasteiger partial charge in [0.25, 0.3) is 0 Å². The van der Waals surface area contributed by atoms with Gasteiger partial charge < -0.3 is 19.0 Å². The number of anilines is 1. The minimum absolute atomic E-state index is 0.0432. The van der Waals surface area contributed by atoms with E-state index >= 15 is 0 Å². The van der Waals surface area contributed by atoms with Gasteiger partial charge in [0.1, 0.15) is 22.1 Å². The lowest BCUT2D eigenvalue weighted by molar-refractivity contribution is -0.114. The number of amides is 1. The van der Waals surface area contributed by atoms with Crippen molar-refractivity contribution in [1.82, 2.24) is 0 Å². The SMILES string of the molecule is COc1cc(OC)cc(OS(=O)(=O)c2ccc(NC(C)=O)cc2)c1. The fourth-order valence-electron chi connectivity index (χ4n) is 1.91. The number of methoxy groups -OCH3 is 2. The number of hydrogen-bond acceptors (Lipinski definition) is 6. The molecule has 0 bridgehead atoms. The summed E-state index contributed by atoms with van der Waals surface area (Å²) in [5, 5.41) is 2.56. The van der Waals surface area contributed by atoms with Gasteiger partial charge in [0.05, 0.1) is 14.2 Å². The molecular formula is C16H17NO6S. The van der Waals surface area contributed by atoms with E-state index in [0.717, 1.165) is 0 Å². The molecule has 0 saturated carbocycles. The van der Waals surface area contributed by atoms with Crippen LogP contribution in [0.2, 0.25) is 0 Å². The van der Waals surface area contributed by atoms with Crippen LogP contribution in [0.15, 0.2) is 47.4 Å². The van der Waals surface area contributed by atoms with Gasteiger partial charge in [-0.05, 0) is 24.3 Å². The maximum absolute atomic E-state index is 12.3. The molecule has 0 spiro atoms. The summed E-state index contributed by atoms with van der Waals surface area (Å²) < 4.78 is 40.0. The molecule has 2 aromatic carbocycles. The third kappa shape index (κ3) is 4.39. The molecule has 1 N–H and O–H groups in total. The van der Waals surface area contributed by atoms with Crippen LogP contribution in [0.1, 0.15) is 6.92 Å². The van der Waals surface area contributed by atoms with Gasteiger partial charge in [0.2, 0.25) is 5.91 Å². The normalized spacial score (nSPS) is 10.8. The minimum atomic E-state index is -4.03. The van der Waals surface area contributed by atoms with Gasteiger partial charge in [0.15, 0.2) is 0 Å². The first-order valence-electron chi connectivity index (χ1n) is 6.89. The van der Waals surface area contributed by atoms with E-state index in [1.165, 1.54) is 57.5 Å². The Morgan fingerprint density at radius 1 is 0.917 bits per heavy atom. The number of rotatable bonds is 6. The average Bonchev–Trinajstić information content (AvgIpc) is 2.54. The first-order chi connectivity index (χ1) is 11.3. The standard InChI is InChI=1S/C16H17NO6S/c1-11(18)17-12-4-6-16(7-5-12)24(19,20)23-15-9-13(21-2)8-14(10-15)22-3/h4-10H,1-3H3,(H,17,18). The van der Waals surface area contributed by atoms with Crippen molar-refractivity contribution < 1.29 is 26.9 Å². The van der Waals surface area contributed by atoms with E-state index in [2.05, 4.69) is 5.32 Å². The van der Waals surface area contributed by atoms with Crippen molar-refractivity contribution in [3.8, 4) is 17.2 Å². The first kappa shape index (κ1) is 17.6. The molecule has 1 amide bonds. The van der Waals surface area contributed by atoms with Gasteiger partial charge in [-0.25, -0.2) is 0 Å². The summed E-state index contributed by atoms with van der Waals surface area (Å²) in [6.45, 7) is 1.37. The Morgan fingerprint density at radius 3 is 1.88 bits per heavy atom. The zero-order valence-corrected chi connectivity index (χ0v) is 14.2. The highest BCUT2D eigenvalue weighted by atomic mass is 32.2. The van der Waals surface area contributed by atoms with E-state index in [1.807, 2.05) is 0 Å². The quantitative estimate of drug-likeness (QED) is 0.804. The number of carbonyl (C=O) groups excluding carboxylic acids is 1. The summed E-state index contributed by atoms with van der Waals surface area (Å²) in [7, 11) is -1.13. The third-order valence-electron chi connectivity index (χ3n) is 2.99. The molecule has 128 valence electrons. The lowest BCUT2D eigenvalue weighted by atomic mass is 10.3. The fourth-order valence-corrected chi connectivity index (χ4v) is 2.83. The summed E-state index contributed by atoms with van der Waals surface area (Å²) in [5.74, 6) is 0.628. The Kier molecular flexibility index (Phi) is 5.30. The maximum atomic E-state index is 12.3. The van der Waals surface area contributed by atoms with Crippen molar-refractivity contribution >= 4 is 21.7 Å². The maximum Gasteiger partial charge on any atom is 0.339 e. The van der Waals surface area contributed by atoms with Crippen LogP contribution >= 0.6 is 0 Å². The Hall–Kier alpha value is -2.74. The van der Waals surface area contributed by atoms with Gasteiger partial charge in [-0.15, -0.1) is 0 Å². The van der Waals surface area contributed by atoms with Gasteiger partial charge in [0, 0.05) is 30.8 Å². The van der Waals surface area contributed by atoms with Crippen molar-refractivity contribution in [1.29, 1.82) is 0 Å². The molecule has 8 heteroatoms. The molecule has 0 unspecified atom stereocenters. The summed E-state index contributed by atoms with van der Waals surface area (Å²) in [5.41, 5.74) is 0.490. The molecule has 0 heterocycles. The van der Waals surface area contributed by atoms with Crippen molar-refractivity contribution in [2.24, 2.45) is 0 Å². The van der Waals surface area contributed by atoms with Gasteiger partial charge in [-0.2, -0.15) is 8.42 Å². The predicted molar refractivity (Wildman–Crippen MR) is 88.1 cm³/mol. The number of nitrogens with one attached hydrogen (secondary N) is 1. The van der Waals surface area contributed by atoms with Gasteiger partial charge >= 0.3 is 10.1 Å². The van der Waals surface area contributed by atoms with Crippen LogP contribution in [-0.2, 0) is 14.9 Å². The van der Waals surface area contributed by atoms with Crippen LogP contribution in [0.3, 0.4) is 0 Å². The van der Waals surface area contributed by atoms with E-state index in [1.54, 1.807) is 6.07 Å². The van der Waals surface area contributed by atoms with Crippen LogP contribution in [0.4, 0.5) is 5.69 Å². The summed E-state index contributed by atoms with van der Waals surface area (Å²) in [6, 6.07) is 10.1. The Balaban J connectivity index is 2.26. The second kappa shape index (κ2) is 7.22. The molecule has 0 atom stereocenters. The highest BCUT2D eigenvalue weighted by Crippen LogP contribution is 2.29. The minimum Gasteiger partial charge on any atom is -0.496 e. The third-order valence-corrected chi connectivity index (χ3v) is 4.26. The zero-order chi connectivity index (χ0) is 17.7.